The van der Waals surface area contributed by atoms with Gasteiger partial charge in [0.2, 0.25) is 0 Å². The molecule has 0 unspecified atom stereocenters. The molecule has 0 aliphatic heterocycles. The van der Waals surface area contributed by atoms with Gasteiger partial charge < -0.3 is 4.90 Å². The summed E-state index contributed by atoms with van der Waals surface area (Å²) in [5, 5.41) is 8.71. The van der Waals surface area contributed by atoms with Gasteiger partial charge in [-0.25, -0.2) is 4.98 Å². The van der Waals surface area contributed by atoms with Gasteiger partial charge in [-0.05, 0) is 36.4 Å². The lowest BCUT2D eigenvalue weighted by atomic mass is 10.2. The van der Waals surface area contributed by atoms with E-state index < -0.39 is 0 Å². The minimum atomic E-state index is 0.665. The second kappa shape index (κ2) is 4.45. The minimum Gasteiger partial charge on any atom is -0.329 e. The van der Waals surface area contributed by atoms with E-state index in [1.807, 2.05) is 42.3 Å². The van der Waals surface area contributed by atoms with Gasteiger partial charge in [-0.15, -0.1) is 0 Å². The van der Waals surface area contributed by atoms with E-state index in [1.165, 1.54) is 0 Å². The first kappa shape index (κ1) is 10.2. The monoisotopic (exact) mass is 209 g/mol. The van der Waals surface area contributed by atoms with E-state index >= 15 is 0 Å². The zero-order chi connectivity index (χ0) is 11.4. The van der Waals surface area contributed by atoms with Crippen LogP contribution >= 0.6 is 0 Å². The van der Waals surface area contributed by atoms with Crippen LogP contribution in [-0.2, 0) is 0 Å². The summed E-state index contributed by atoms with van der Waals surface area (Å²) < 4.78 is 0. The third-order valence-corrected chi connectivity index (χ3v) is 2.38. The third kappa shape index (κ3) is 2.01. The zero-order valence-corrected chi connectivity index (χ0v) is 8.96. The van der Waals surface area contributed by atoms with Crippen molar-refractivity contribution in [2.75, 3.05) is 11.9 Å². The molecule has 0 N–H and O–H groups in total. The Morgan fingerprint density at radius 2 is 1.88 bits per heavy atom. The summed E-state index contributed by atoms with van der Waals surface area (Å²) in [5.41, 5.74) is 1.68. The first-order valence-electron chi connectivity index (χ1n) is 4.96. The van der Waals surface area contributed by atoms with Crippen molar-refractivity contribution in [2.24, 2.45) is 0 Å². The van der Waals surface area contributed by atoms with Gasteiger partial charge in [0.15, 0.2) is 0 Å². The van der Waals surface area contributed by atoms with Gasteiger partial charge in [-0.2, -0.15) is 5.26 Å². The molecule has 1 aromatic carbocycles. The number of nitrogens with zero attached hydrogens (tertiary/aromatic N) is 3. The van der Waals surface area contributed by atoms with Crippen molar-refractivity contribution in [1.82, 2.24) is 4.98 Å². The second-order valence-corrected chi connectivity index (χ2v) is 3.41. The molecule has 0 bridgehead atoms. The van der Waals surface area contributed by atoms with Crippen molar-refractivity contribution in [3.8, 4) is 6.07 Å². The van der Waals surface area contributed by atoms with Gasteiger partial charge in [0.05, 0.1) is 11.6 Å². The molecule has 3 heteroatoms. The number of pyridine rings is 1. The third-order valence-electron chi connectivity index (χ3n) is 2.38. The number of nitriles is 1. The van der Waals surface area contributed by atoms with Crippen molar-refractivity contribution in [3.63, 3.8) is 0 Å². The molecule has 0 aliphatic carbocycles. The van der Waals surface area contributed by atoms with E-state index in [1.54, 1.807) is 18.3 Å². The summed E-state index contributed by atoms with van der Waals surface area (Å²) in [6.45, 7) is 0. The van der Waals surface area contributed by atoms with E-state index in [-0.39, 0.29) is 0 Å². The molecule has 0 saturated carbocycles. The number of hydrogen-bond acceptors (Lipinski definition) is 3. The summed E-state index contributed by atoms with van der Waals surface area (Å²) in [5.74, 6) is 0.882. The van der Waals surface area contributed by atoms with Crippen LogP contribution in [0.3, 0.4) is 0 Å². The molecule has 0 radical (unpaired) electrons. The Morgan fingerprint density at radius 1 is 1.12 bits per heavy atom. The average Bonchev–Trinajstić information content (AvgIpc) is 2.39. The van der Waals surface area contributed by atoms with Crippen molar-refractivity contribution >= 4 is 11.5 Å². The number of anilines is 2. The summed E-state index contributed by atoms with van der Waals surface area (Å²) in [6.07, 6.45) is 1.76. The van der Waals surface area contributed by atoms with Gasteiger partial charge >= 0.3 is 0 Å². The van der Waals surface area contributed by atoms with Crippen LogP contribution in [0.2, 0.25) is 0 Å². The highest BCUT2D eigenvalue weighted by Crippen LogP contribution is 2.20. The van der Waals surface area contributed by atoms with E-state index in [2.05, 4.69) is 11.1 Å². The molecular weight excluding hydrogens is 198 g/mol. The Hall–Kier alpha value is -2.34. The summed E-state index contributed by atoms with van der Waals surface area (Å²) in [6, 6.07) is 15.3. The number of hydrogen-bond donors (Lipinski definition) is 0. The maximum absolute atomic E-state index is 8.71. The first-order valence-corrected chi connectivity index (χ1v) is 4.96. The van der Waals surface area contributed by atoms with E-state index in [4.69, 9.17) is 5.26 Å². The topological polar surface area (TPSA) is 39.9 Å². The summed E-state index contributed by atoms with van der Waals surface area (Å²) in [7, 11) is 1.95. The van der Waals surface area contributed by atoms with Crippen LogP contribution in [0.25, 0.3) is 0 Å². The maximum Gasteiger partial charge on any atom is 0.132 e. The lowest BCUT2D eigenvalue weighted by Crippen LogP contribution is -2.10. The fraction of sp³-hybridized carbons (Fsp3) is 0.0769. The largest absolute Gasteiger partial charge is 0.329 e. The molecule has 2 aromatic rings. The lowest BCUT2D eigenvalue weighted by Gasteiger charge is -2.17. The quantitative estimate of drug-likeness (QED) is 0.763. The van der Waals surface area contributed by atoms with Crippen LogP contribution in [0, 0.1) is 11.3 Å². The molecule has 0 fully saturated rings. The fourth-order valence-electron chi connectivity index (χ4n) is 1.44. The summed E-state index contributed by atoms with van der Waals surface area (Å²) in [4.78, 5) is 6.23. The summed E-state index contributed by atoms with van der Waals surface area (Å²) >= 11 is 0. The smallest absolute Gasteiger partial charge is 0.132 e. The molecule has 2 rings (SSSR count). The highest BCUT2D eigenvalue weighted by Gasteiger charge is 2.03. The predicted molar refractivity (Wildman–Crippen MR) is 63.5 cm³/mol. The van der Waals surface area contributed by atoms with Crippen molar-refractivity contribution in [3.05, 3.63) is 54.2 Å². The van der Waals surface area contributed by atoms with Gasteiger partial charge in [0, 0.05) is 18.9 Å². The van der Waals surface area contributed by atoms with Crippen LogP contribution in [0.15, 0.2) is 48.7 Å². The highest BCUT2D eigenvalue weighted by atomic mass is 15.2. The van der Waals surface area contributed by atoms with Crippen LogP contribution < -0.4 is 4.90 Å². The molecule has 1 aromatic heterocycles. The molecule has 1 heterocycles. The Bertz CT molecular complexity index is 497. The Balaban J connectivity index is 2.28. The molecule has 78 valence electrons. The number of aromatic nitrogens is 1. The van der Waals surface area contributed by atoms with E-state index in [9.17, 15) is 0 Å². The Labute approximate surface area is 94.6 Å². The molecule has 0 saturated heterocycles. The van der Waals surface area contributed by atoms with Gasteiger partial charge in [0.1, 0.15) is 5.82 Å². The SMILES string of the molecule is CN(c1ccc(C#N)cc1)c1ccccn1. The zero-order valence-electron chi connectivity index (χ0n) is 8.96. The lowest BCUT2D eigenvalue weighted by molar-refractivity contribution is 1.13. The van der Waals surface area contributed by atoms with Crippen LogP contribution in [-0.4, -0.2) is 12.0 Å². The Morgan fingerprint density at radius 3 is 2.44 bits per heavy atom. The molecule has 0 amide bonds. The fourth-order valence-corrected chi connectivity index (χ4v) is 1.44. The minimum absolute atomic E-state index is 0.665. The van der Waals surface area contributed by atoms with Gasteiger partial charge in [-0.1, -0.05) is 6.07 Å². The molecule has 0 aliphatic rings. The number of benzene rings is 1. The molecule has 0 atom stereocenters. The normalized spacial score (nSPS) is 9.50. The second-order valence-electron chi connectivity index (χ2n) is 3.41. The number of rotatable bonds is 2. The van der Waals surface area contributed by atoms with Crippen molar-refractivity contribution < 1.29 is 0 Å². The van der Waals surface area contributed by atoms with Crippen molar-refractivity contribution in [1.29, 1.82) is 5.26 Å². The van der Waals surface area contributed by atoms with Crippen LogP contribution in [0.4, 0.5) is 11.5 Å². The van der Waals surface area contributed by atoms with Crippen molar-refractivity contribution in [2.45, 2.75) is 0 Å². The van der Waals surface area contributed by atoms with E-state index in [0.29, 0.717) is 5.56 Å². The van der Waals surface area contributed by atoms with E-state index in [0.717, 1.165) is 11.5 Å². The van der Waals surface area contributed by atoms with Gasteiger partial charge in [0.25, 0.3) is 0 Å². The standard InChI is InChI=1S/C13H11N3/c1-16(13-4-2-3-9-15-13)12-7-5-11(10-14)6-8-12/h2-9H,1H3. The Kier molecular flexibility index (Phi) is 2.84. The predicted octanol–water partition coefficient (Wildman–Crippen LogP) is 2.72. The van der Waals surface area contributed by atoms with Gasteiger partial charge in [-0.3, -0.25) is 0 Å². The average molecular weight is 209 g/mol. The molecule has 16 heavy (non-hydrogen) atoms. The molecule has 3 nitrogen and oxygen atoms in total. The maximum atomic E-state index is 8.71. The molecular formula is C13H11N3. The molecule has 0 spiro atoms. The highest BCUT2D eigenvalue weighted by molar-refractivity contribution is 5.59. The van der Waals surface area contributed by atoms with Crippen LogP contribution in [0.1, 0.15) is 5.56 Å². The first-order chi connectivity index (χ1) is 7.81. The van der Waals surface area contributed by atoms with Crippen LogP contribution in [0.5, 0.6) is 0 Å².